The smallest absolute Gasteiger partial charge is 0.428 e. The monoisotopic (exact) mass is 250 g/mol. The summed E-state index contributed by atoms with van der Waals surface area (Å²) < 4.78 is 10.00. The van der Waals surface area contributed by atoms with E-state index in [0.717, 1.165) is 0 Å². The number of ether oxygens (including phenoxy) is 2. The molecule has 0 aliphatic carbocycles. The second-order valence-electron chi connectivity index (χ2n) is 4.87. The van der Waals surface area contributed by atoms with Gasteiger partial charge in [-0.05, 0) is 45.0 Å². The van der Waals surface area contributed by atoms with Crippen molar-refractivity contribution >= 4 is 11.9 Å². The van der Waals surface area contributed by atoms with Gasteiger partial charge in [0.25, 0.3) is 0 Å². The zero-order valence-electron chi connectivity index (χ0n) is 11.1. The molecule has 1 aromatic carbocycles. The van der Waals surface area contributed by atoms with Gasteiger partial charge in [0, 0.05) is 12.0 Å². The van der Waals surface area contributed by atoms with E-state index in [1.807, 2.05) is 0 Å². The van der Waals surface area contributed by atoms with E-state index >= 15 is 0 Å². The summed E-state index contributed by atoms with van der Waals surface area (Å²) in [6, 6.07) is 6.41. The van der Waals surface area contributed by atoms with E-state index in [-0.39, 0.29) is 5.78 Å². The molecule has 0 aliphatic rings. The van der Waals surface area contributed by atoms with Gasteiger partial charge in [0.15, 0.2) is 5.78 Å². The van der Waals surface area contributed by atoms with Crippen LogP contribution in [0, 0.1) is 0 Å². The molecule has 18 heavy (non-hydrogen) atoms. The standard InChI is InChI=1S/C14H18O4/c1-5-12(15)10-6-8-11(9-7-10)17-13(16)18-14(2,3)4/h6-9H,5H2,1-4H3. The molecule has 0 bridgehead atoms. The average Bonchev–Trinajstić information content (AvgIpc) is 2.26. The molecule has 0 aliphatic heterocycles. The Morgan fingerprint density at radius 2 is 1.67 bits per heavy atom. The number of hydrogen-bond donors (Lipinski definition) is 0. The van der Waals surface area contributed by atoms with Gasteiger partial charge in [-0.2, -0.15) is 0 Å². The molecule has 0 atom stereocenters. The molecule has 1 rings (SSSR count). The van der Waals surface area contributed by atoms with E-state index in [4.69, 9.17) is 9.47 Å². The first-order valence-electron chi connectivity index (χ1n) is 5.86. The van der Waals surface area contributed by atoms with Gasteiger partial charge in [-0.25, -0.2) is 4.79 Å². The number of ketones is 1. The number of rotatable bonds is 3. The summed E-state index contributed by atoms with van der Waals surface area (Å²) in [6.45, 7) is 7.08. The van der Waals surface area contributed by atoms with Crippen molar-refractivity contribution in [1.82, 2.24) is 0 Å². The average molecular weight is 250 g/mol. The lowest BCUT2D eigenvalue weighted by molar-refractivity contribution is 0.0206. The number of benzene rings is 1. The van der Waals surface area contributed by atoms with Crippen LogP contribution in [0.5, 0.6) is 5.75 Å². The van der Waals surface area contributed by atoms with E-state index in [1.54, 1.807) is 52.0 Å². The molecular formula is C14H18O4. The predicted octanol–water partition coefficient (Wildman–Crippen LogP) is 3.59. The predicted molar refractivity (Wildman–Crippen MR) is 67.9 cm³/mol. The molecule has 98 valence electrons. The minimum Gasteiger partial charge on any atom is -0.428 e. The van der Waals surface area contributed by atoms with Crippen molar-refractivity contribution in [2.24, 2.45) is 0 Å². The summed E-state index contributed by atoms with van der Waals surface area (Å²) in [7, 11) is 0. The van der Waals surface area contributed by atoms with E-state index in [2.05, 4.69) is 0 Å². The van der Waals surface area contributed by atoms with Crippen molar-refractivity contribution in [1.29, 1.82) is 0 Å². The highest BCUT2D eigenvalue weighted by Crippen LogP contribution is 2.16. The molecule has 0 radical (unpaired) electrons. The SMILES string of the molecule is CCC(=O)c1ccc(OC(=O)OC(C)(C)C)cc1. The Labute approximate surface area is 107 Å². The van der Waals surface area contributed by atoms with Crippen LogP contribution in [0.4, 0.5) is 4.79 Å². The Hall–Kier alpha value is -1.84. The molecule has 0 aromatic heterocycles. The Balaban J connectivity index is 2.64. The fourth-order valence-electron chi connectivity index (χ4n) is 1.28. The van der Waals surface area contributed by atoms with E-state index in [9.17, 15) is 9.59 Å². The van der Waals surface area contributed by atoms with E-state index in [0.29, 0.717) is 17.7 Å². The third kappa shape index (κ3) is 4.57. The van der Waals surface area contributed by atoms with Crippen LogP contribution in [0.3, 0.4) is 0 Å². The molecule has 0 heterocycles. The van der Waals surface area contributed by atoms with E-state index in [1.165, 1.54) is 0 Å². The Kier molecular flexibility index (Phi) is 4.48. The third-order valence-corrected chi connectivity index (χ3v) is 2.09. The first kappa shape index (κ1) is 14.2. The Morgan fingerprint density at radius 1 is 1.11 bits per heavy atom. The number of Topliss-reactive ketones (excluding diaryl/α,β-unsaturated/α-hetero) is 1. The quantitative estimate of drug-likeness (QED) is 0.467. The Bertz CT molecular complexity index is 426. The molecule has 0 fully saturated rings. The van der Waals surface area contributed by atoms with Gasteiger partial charge in [-0.15, -0.1) is 0 Å². The molecule has 0 spiro atoms. The fourth-order valence-corrected chi connectivity index (χ4v) is 1.28. The van der Waals surface area contributed by atoms with Gasteiger partial charge >= 0.3 is 6.16 Å². The van der Waals surface area contributed by atoms with Gasteiger partial charge < -0.3 is 9.47 Å². The van der Waals surface area contributed by atoms with Crippen molar-refractivity contribution < 1.29 is 19.1 Å². The lowest BCUT2D eigenvalue weighted by Crippen LogP contribution is -2.25. The first-order chi connectivity index (χ1) is 8.31. The van der Waals surface area contributed by atoms with Gasteiger partial charge in [0.2, 0.25) is 0 Å². The molecule has 0 N–H and O–H groups in total. The molecule has 0 unspecified atom stereocenters. The van der Waals surface area contributed by atoms with Crippen molar-refractivity contribution in [3.63, 3.8) is 0 Å². The van der Waals surface area contributed by atoms with Gasteiger partial charge in [-0.1, -0.05) is 6.92 Å². The minimum atomic E-state index is -0.753. The largest absolute Gasteiger partial charge is 0.514 e. The van der Waals surface area contributed by atoms with Crippen molar-refractivity contribution in [2.75, 3.05) is 0 Å². The highest BCUT2D eigenvalue weighted by Gasteiger charge is 2.18. The molecule has 4 heteroatoms. The number of hydrogen-bond acceptors (Lipinski definition) is 4. The van der Waals surface area contributed by atoms with Gasteiger partial charge in [0.1, 0.15) is 11.4 Å². The number of carbonyl (C=O) groups excluding carboxylic acids is 2. The highest BCUT2D eigenvalue weighted by atomic mass is 16.7. The van der Waals surface area contributed by atoms with Gasteiger partial charge in [-0.3, -0.25) is 4.79 Å². The zero-order valence-corrected chi connectivity index (χ0v) is 11.1. The highest BCUT2D eigenvalue weighted by molar-refractivity contribution is 5.95. The normalized spacial score (nSPS) is 10.9. The molecule has 0 amide bonds. The summed E-state index contributed by atoms with van der Waals surface area (Å²) in [5.41, 5.74) is 0.0175. The molecule has 1 aromatic rings. The van der Waals surface area contributed by atoms with Crippen molar-refractivity contribution in [3.8, 4) is 5.75 Å². The molecule has 0 saturated heterocycles. The summed E-state index contributed by atoms with van der Waals surface area (Å²) >= 11 is 0. The van der Waals surface area contributed by atoms with Crippen molar-refractivity contribution in [2.45, 2.75) is 39.7 Å². The fraction of sp³-hybridized carbons (Fsp3) is 0.429. The second-order valence-corrected chi connectivity index (χ2v) is 4.87. The van der Waals surface area contributed by atoms with Crippen LogP contribution in [0.15, 0.2) is 24.3 Å². The summed E-state index contributed by atoms with van der Waals surface area (Å²) in [5, 5.41) is 0. The van der Waals surface area contributed by atoms with E-state index < -0.39 is 11.8 Å². The van der Waals surface area contributed by atoms with Crippen LogP contribution in [0.1, 0.15) is 44.5 Å². The minimum absolute atomic E-state index is 0.0545. The van der Waals surface area contributed by atoms with Crippen LogP contribution < -0.4 is 4.74 Å². The van der Waals surface area contributed by atoms with Crippen LogP contribution in [-0.4, -0.2) is 17.5 Å². The maximum atomic E-state index is 11.4. The second kappa shape index (κ2) is 5.67. The van der Waals surface area contributed by atoms with Crippen LogP contribution in [0.25, 0.3) is 0 Å². The Morgan fingerprint density at radius 3 is 2.11 bits per heavy atom. The lowest BCUT2D eigenvalue weighted by atomic mass is 10.1. The number of carbonyl (C=O) groups is 2. The third-order valence-electron chi connectivity index (χ3n) is 2.09. The maximum Gasteiger partial charge on any atom is 0.514 e. The molecule has 0 saturated carbocycles. The summed E-state index contributed by atoms with van der Waals surface area (Å²) in [6.07, 6.45) is -0.302. The maximum absolute atomic E-state index is 11.4. The van der Waals surface area contributed by atoms with Crippen LogP contribution in [0.2, 0.25) is 0 Å². The van der Waals surface area contributed by atoms with Crippen LogP contribution >= 0.6 is 0 Å². The van der Waals surface area contributed by atoms with Gasteiger partial charge in [0.05, 0.1) is 0 Å². The summed E-state index contributed by atoms with van der Waals surface area (Å²) in [4.78, 5) is 22.8. The van der Waals surface area contributed by atoms with Crippen molar-refractivity contribution in [3.05, 3.63) is 29.8 Å². The zero-order chi connectivity index (χ0) is 13.8. The molecular weight excluding hydrogens is 232 g/mol. The lowest BCUT2D eigenvalue weighted by Gasteiger charge is -2.18. The summed E-state index contributed by atoms with van der Waals surface area (Å²) in [5.74, 6) is 0.413. The first-order valence-corrected chi connectivity index (χ1v) is 5.86. The van der Waals surface area contributed by atoms with Crippen LogP contribution in [-0.2, 0) is 4.74 Å². The topological polar surface area (TPSA) is 52.6 Å². The molecule has 4 nitrogen and oxygen atoms in total.